The number of aromatic nitrogens is 1. The van der Waals surface area contributed by atoms with Gasteiger partial charge in [-0.25, -0.2) is 8.78 Å². The summed E-state index contributed by atoms with van der Waals surface area (Å²) < 4.78 is 34.2. The van der Waals surface area contributed by atoms with E-state index in [-0.39, 0.29) is 11.8 Å². The van der Waals surface area contributed by atoms with Gasteiger partial charge in [0.2, 0.25) is 11.8 Å². The van der Waals surface area contributed by atoms with E-state index in [9.17, 15) is 8.78 Å². The lowest BCUT2D eigenvalue weighted by Gasteiger charge is -2.21. The second-order valence-electron chi connectivity index (χ2n) is 4.46. The molecule has 0 amide bonds. The number of hydrogen-bond acceptors (Lipinski definition) is 4. The molecule has 1 rings (SSSR count). The Hall–Kier alpha value is -1.59. The average molecular weight is 246 g/mol. The van der Waals surface area contributed by atoms with E-state index < -0.39 is 18.6 Å². The summed E-state index contributed by atoms with van der Waals surface area (Å²) >= 11 is 0. The van der Waals surface area contributed by atoms with Crippen LogP contribution in [0.1, 0.15) is 20.8 Å². The minimum absolute atomic E-state index is 0.0683. The summed E-state index contributed by atoms with van der Waals surface area (Å²) in [4.78, 5) is 3.93. The summed E-state index contributed by atoms with van der Waals surface area (Å²) in [6, 6.07) is 2.93. The van der Waals surface area contributed by atoms with Crippen LogP contribution in [-0.2, 0) is 0 Å². The van der Waals surface area contributed by atoms with Crippen LogP contribution in [0.2, 0.25) is 0 Å². The van der Waals surface area contributed by atoms with Crippen LogP contribution in [0.5, 0.6) is 11.8 Å². The zero-order chi connectivity index (χ0) is 13.1. The van der Waals surface area contributed by atoms with E-state index in [0.29, 0.717) is 5.69 Å². The summed E-state index contributed by atoms with van der Waals surface area (Å²) in [5, 5.41) is 0. The highest BCUT2D eigenvalue weighted by atomic mass is 19.3. The summed E-state index contributed by atoms with van der Waals surface area (Å²) in [7, 11) is 0. The Labute approximate surface area is 98.7 Å². The normalized spacial score (nSPS) is 11.6. The van der Waals surface area contributed by atoms with Crippen LogP contribution in [0, 0.1) is 0 Å². The first kappa shape index (κ1) is 13.5. The summed E-state index contributed by atoms with van der Waals surface area (Å²) in [5.41, 5.74) is 5.53. The molecule has 0 unspecified atom stereocenters. The lowest BCUT2D eigenvalue weighted by molar-refractivity contribution is 0.0776. The molecule has 96 valence electrons. The predicted molar refractivity (Wildman–Crippen MR) is 60.5 cm³/mol. The Morgan fingerprint density at radius 2 is 2.00 bits per heavy atom. The van der Waals surface area contributed by atoms with Gasteiger partial charge in [0.05, 0.1) is 5.69 Å². The standard InChI is InChI=1S/C11H16F2N2O2/c1-11(2,3)17-10-7(14)4-5-9(15-10)16-6-8(12)13/h4-5,8H,6,14H2,1-3H3. The van der Waals surface area contributed by atoms with Gasteiger partial charge in [-0.15, -0.1) is 0 Å². The lowest BCUT2D eigenvalue weighted by atomic mass is 10.2. The molecule has 0 spiro atoms. The number of nitrogen functional groups attached to an aromatic ring is 1. The molecule has 0 aliphatic carbocycles. The van der Waals surface area contributed by atoms with Crippen LogP contribution in [0.4, 0.5) is 14.5 Å². The Kier molecular flexibility index (Phi) is 4.09. The van der Waals surface area contributed by atoms with E-state index >= 15 is 0 Å². The van der Waals surface area contributed by atoms with Crippen molar-refractivity contribution in [1.29, 1.82) is 0 Å². The smallest absolute Gasteiger partial charge is 0.272 e. The van der Waals surface area contributed by atoms with Crippen LogP contribution < -0.4 is 15.2 Å². The van der Waals surface area contributed by atoms with E-state index in [1.807, 2.05) is 20.8 Å². The fourth-order valence-corrected chi connectivity index (χ4v) is 1.03. The van der Waals surface area contributed by atoms with Gasteiger partial charge in [0, 0.05) is 6.07 Å². The summed E-state index contributed by atoms with van der Waals surface area (Å²) in [5.74, 6) is 0.253. The summed E-state index contributed by atoms with van der Waals surface area (Å²) in [6.07, 6.45) is -2.54. The third-order valence-electron chi connectivity index (χ3n) is 1.62. The molecule has 1 aromatic heterocycles. The number of hydrogen-bond donors (Lipinski definition) is 1. The summed E-state index contributed by atoms with van der Waals surface area (Å²) in [6.45, 7) is 4.80. The van der Waals surface area contributed by atoms with Crippen molar-refractivity contribution in [2.75, 3.05) is 12.3 Å². The lowest BCUT2D eigenvalue weighted by Crippen LogP contribution is -2.24. The predicted octanol–water partition coefficient (Wildman–Crippen LogP) is 2.49. The van der Waals surface area contributed by atoms with Crippen molar-refractivity contribution in [1.82, 2.24) is 4.98 Å². The van der Waals surface area contributed by atoms with E-state index in [1.165, 1.54) is 12.1 Å². The molecule has 1 aromatic rings. The van der Waals surface area contributed by atoms with Crippen LogP contribution in [0.3, 0.4) is 0 Å². The Morgan fingerprint density at radius 1 is 1.35 bits per heavy atom. The molecule has 0 aliphatic rings. The molecule has 4 nitrogen and oxygen atoms in total. The first-order chi connectivity index (χ1) is 7.78. The number of anilines is 1. The number of halogens is 2. The first-order valence-electron chi connectivity index (χ1n) is 5.14. The molecule has 0 saturated heterocycles. The number of nitrogens with zero attached hydrogens (tertiary/aromatic N) is 1. The minimum atomic E-state index is -2.54. The molecule has 0 bridgehead atoms. The highest BCUT2D eigenvalue weighted by Crippen LogP contribution is 2.25. The third kappa shape index (κ3) is 4.84. The van der Waals surface area contributed by atoms with Crippen molar-refractivity contribution >= 4 is 5.69 Å². The number of pyridine rings is 1. The molecule has 0 saturated carbocycles. The zero-order valence-corrected chi connectivity index (χ0v) is 10.0. The highest BCUT2D eigenvalue weighted by Gasteiger charge is 2.16. The molecular weight excluding hydrogens is 230 g/mol. The van der Waals surface area contributed by atoms with Gasteiger partial charge in [-0.05, 0) is 26.8 Å². The Morgan fingerprint density at radius 3 is 2.53 bits per heavy atom. The number of nitrogens with two attached hydrogens (primary N) is 1. The maximum atomic E-state index is 12.0. The van der Waals surface area contributed by atoms with Crippen molar-refractivity contribution < 1.29 is 18.3 Å². The second-order valence-corrected chi connectivity index (χ2v) is 4.46. The molecule has 2 N–H and O–H groups in total. The highest BCUT2D eigenvalue weighted by molar-refractivity contribution is 5.49. The van der Waals surface area contributed by atoms with Crippen molar-refractivity contribution in [3.05, 3.63) is 12.1 Å². The number of ether oxygens (including phenoxy) is 2. The largest absolute Gasteiger partial charge is 0.472 e. The quantitative estimate of drug-likeness (QED) is 0.886. The van der Waals surface area contributed by atoms with Gasteiger partial charge in [0.15, 0.2) is 6.61 Å². The molecule has 0 atom stereocenters. The molecule has 6 heteroatoms. The topological polar surface area (TPSA) is 57.4 Å². The van der Waals surface area contributed by atoms with Crippen molar-refractivity contribution in [3.8, 4) is 11.8 Å². The van der Waals surface area contributed by atoms with Crippen molar-refractivity contribution in [3.63, 3.8) is 0 Å². The molecule has 0 radical (unpaired) electrons. The minimum Gasteiger partial charge on any atom is -0.472 e. The van der Waals surface area contributed by atoms with Crippen LogP contribution in [0.25, 0.3) is 0 Å². The van der Waals surface area contributed by atoms with Gasteiger partial charge < -0.3 is 15.2 Å². The van der Waals surface area contributed by atoms with Gasteiger partial charge >= 0.3 is 0 Å². The molecule has 0 fully saturated rings. The first-order valence-corrected chi connectivity index (χ1v) is 5.14. The Balaban J connectivity index is 2.79. The third-order valence-corrected chi connectivity index (χ3v) is 1.62. The van der Waals surface area contributed by atoms with E-state index in [4.69, 9.17) is 15.2 Å². The fourth-order valence-electron chi connectivity index (χ4n) is 1.03. The van der Waals surface area contributed by atoms with E-state index in [0.717, 1.165) is 0 Å². The van der Waals surface area contributed by atoms with Gasteiger partial charge in [-0.3, -0.25) is 0 Å². The Bertz CT molecular complexity index is 378. The van der Waals surface area contributed by atoms with Gasteiger partial charge in [0.1, 0.15) is 5.60 Å². The molecule has 1 heterocycles. The van der Waals surface area contributed by atoms with Crippen LogP contribution in [-0.4, -0.2) is 23.6 Å². The fraction of sp³-hybridized carbons (Fsp3) is 0.545. The molecule has 0 aromatic carbocycles. The monoisotopic (exact) mass is 246 g/mol. The SMILES string of the molecule is CC(C)(C)Oc1nc(OCC(F)F)ccc1N. The van der Waals surface area contributed by atoms with Crippen molar-refractivity contribution in [2.45, 2.75) is 32.8 Å². The average Bonchev–Trinajstić information content (AvgIpc) is 2.17. The zero-order valence-electron chi connectivity index (χ0n) is 10.0. The molecular formula is C11H16F2N2O2. The van der Waals surface area contributed by atoms with Crippen molar-refractivity contribution in [2.24, 2.45) is 0 Å². The molecule has 17 heavy (non-hydrogen) atoms. The maximum Gasteiger partial charge on any atom is 0.272 e. The van der Waals surface area contributed by atoms with Gasteiger partial charge in [-0.1, -0.05) is 0 Å². The van der Waals surface area contributed by atoms with Gasteiger partial charge in [-0.2, -0.15) is 4.98 Å². The van der Waals surface area contributed by atoms with E-state index in [2.05, 4.69) is 4.98 Å². The van der Waals surface area contributed by atoms with E-state index in [1.54, 1.807) is 0 Å². The van der Waals surface area contributed by atoms with Crippen LogP contribution >= 0.6 is 0 Å². The maximum absolute atomic E-state index is 12.0. The second kappa shape index (κ2) is 5.16. The number of alkyl halides is 2. The molecule has 0 aliphatic heterocycles. The van der Waals surface area contributed by atoms with Gasteiger partial charge in [0.25, 0.3) is 6.43 Å². The van der Waals surface area contributed by atoms with Crippen LogP contribution in [0.15, 0.2) is 12.1 Å². The number of rotatable bonds is 4.